The zero-order chi connectivity index (χ0) is 18.0. The topological polar surface area (TPSA) is 47.9 Å². The Kier molecular flexibility index (Phi) is 5.60. The highest BCUT2D eigenvalue weighted by atomic mass is 28.4. The minimum atomic E-state index is -1.94. The predicted molar refractivity (Wildman–Crippen MR) is 98.6 cm³/mol. The Bertz CT molecular complexity index is 598. The molecular formula is C19H30O4Si. The van der Waals surface area contributed by atoms with Crippen LogP contribution in [0.5, 0.6) is 5.75 Å². The fourth-order valence-electron chi connectivity index (χ4n) is 2.76. The summed E-state index contributed by atoms with van der Waals surface area (Å²) in [7, 11) is -0.386. The molecule has 0 aromatic heterocycles. The summed E-state index contributed by atoms with van der Waals surface area (Å²) in [5.74, 6) is -0.459. The first-order chi connectivity index (χ1) is 11.2. The van der Waals surface area contributed by atoms with E-state index in [0.717, 1.165) is 36.1 Å². The number of rotatable bonds is 6. The van der Waals surface area contributed by atoms with E-state index in [-0.39, 0.29) is 5.04 Å². The maximum Gasteiger partial charge on any atom is 0.250 e. The van der Waals surface area contributed by atoms with Gasteiger partial charge in [-0.05, 0) is 55.1 Å². The molecule has 0 bridgehead atoms. The summed E-state index contributed by atoms with van der Waals surface area (Å²) in [6, 6.07) is 7.68. The van der Waals surface area contributed by atoms with Gasteiger partial charge in [0.05, 0.1) is 0 Å². The van der Waals surface area contributed by atoms with E-state index in [2.05, 4.69) is 39.9 Å². The molecule has 0 saturated carbocycles. The van der Waals surface area contributed by atoms with Gasteiger partial charge >= 0.3 is 0 Å². The predicted octanol–water partition coefficient (Wildman–Crippen LogP) is 5.47. The van der Waals surface area contributed by atoms with Crippen LogP contribution in [0.25, 0.3) is 0 Å². The molecule has 1 aliphatic rings. The highest BCUT2D eigenvalue weighted by Crippen LogP contribution is 2.42. The number of allylic oxidation sites excluding steroid dienone is 1. The lowest BCUT2D eigenvalue weighted by molar-refractivity contribution is -0.392. The summed E-state index contributed by atoms with van der Waals surface area (Å²) in [6.07, 6.45) is 4.96. The van der Waals surface area contributed by atoms with Gasteiger partial charge in [-0.3, -0.25) is 0 Å². The Morgan fingerprint density at radius 2 is 1.88 bits per heavy atom. The van der Waals surface area contributed by atoms with Crippen molar-refractivity contribution in [3.63, 3.8) is 0 Å². The molecule has 2 rings (SSSR count). The van der Waals surface area contributed by atoms with Gasteiger partial charge in [0.1, 0.15) is 5.75 Å². The van der Waals surface area contributed by atoms with Crippen LogP contribution in [0.15, 0.2) is 35.9 Å². The lowest BCUT2D eigenvalue weighted by Crippen LogP contribution is -2.44. The minimum Gasteiger partial charge on any atom is -0.543 e. The van der Waals surface area contributed by atoms with Gasteiger partial charge in [-0.1, -0.05) is 39.0 Å². The van der Waals surface area contributed by atoms with Crippen molar-refractivity contribution in [2.24, 2.45) is 0 Å². The highest BCUT2D eigenvalue weighted by molar-refractivity contribution is 6.74. The fraction of sp³-hybridized carbons (Fsp3) is 0.579. The molecule has 0 amide bonds. The minimum absolute atomic E-state index is 0.114. The van der Waals surface area contributed by atoms with Gasteiger partial charge < -0.3 is 9.16 Å². The van der Waals surface area contributed by atoms with Gasteiger partial charge in [0.2, 0.25) is 14.1 Å². The van der Waals surface area contributed by atoms with E-state index in [9.17, 15) is 5.26 Å². The monoisotopic (exact) mass is 350 g/mol. The molecule has 1 aromatic carbocycles. The molecule has 1 atom stereocenters. The first-order valence-electron chi connectivity index (χ1n) is 8.53. The lowest BCUT2D eigenvalue weighted by atomic mass is 9.96. The third-order valence-electron chi connectivity index (χ3n) is 5.27. The van der Waals surface area contributed by atoms with Crippen LogP contribution in [0.4, 0.5) is 0 Å². The molecule has 1 N–H and O–H groups in total. The Balaban J connectivity index is 2.38. The summed E-state index contributed by atoms with van der Waals surface area (Å²) < 4.78 is 12.0. The van der Waals surface area contributed by atoms with Crippen molar-refractivity contribution in [1.29, 1.82) is 0 Å². The third-order valence-corrected chi connectivity index (χ3v) is 9.63. The molecule has 0 radical (unpaired) electrons. The SMILES string of the molecule is COC(OO)(C1=CCCC1)c1cccc(O[Si](C)(C)C(C)(C)C)c1. The maximum atomic E-state index is 9.65. The van der Waals surface area contributed by atoms with E-state index < -0.39 is 14.1 Å². The molecule has 0 saturated heterocycles. The van der Waals surface area contributed by atoms with Gasteiger partial charge in [0.25, 0.3) is 0 Å². The van der Waals surface area contributed by atoms with Crippen LogP contribution in [0.2, 0.25) is 18.1 Å². The molecule has 4 nitrogen and oxygen atoms in total. The van der Waals surface area contributed by atoms with Crippen molar-refractivity contribution in [2.75, 3.05) is 7.11 Å². The van der Waals surface area contributed by atoms with Crippen LogP contribution >= 0.6 is 0 Å². The normalized spacial score (nSPS) is 18.2. The zero-order valence-corrected chi connectivity index (χ0v) is 16.7. The van der Waals surface area contributed by atoms with E-state index in [1.165, 1.54) is 0 Å². The molecule has 0 spiro atoms. The molecule has 1 aromatic rings. The molecule has 0 aliphatic heterocycles. The second kappa shape index (κ2) is 7.00. The number of hydrogen-bond acceptors (Lipinski definition) is 4. The van der Waals surface area contributed by atoms with Crippen LogP contribution in [0.3, 0.4) is 0 Å². The van der Waals surface area contributed by atoms with E-state index in [1.54, 1.807) is 7.11 Å². The number of hydrogen-bond donors (Lipinski definition) is 1. The van der Waals surface area contributed by atoms with E-state index in [1.807, 2.05) is 24.3 Å². The summed E-state index contributed by atoms with van der Waals surface area (Å²) >= 11 is 0. The molecule has 0 heterocycles. The highest BCUT2D eigenvalue weighted by Gasteiger charge is 2.41. The van der Waals surface area contributed by atoms with Gasteiger partial charge in [0.15, 0.2) is 0 Å². The van der Waals surface area contributed by atoms with Crippen molar-refractivity contribution in [1.82, 2.24) is 0 Å². The second-order valence-electron chi connectivity index (χ2n) is 7.92. The average Bonchev–Trinajstić information content (AvgIpc) is 3.03. The third kappa shape index (κ3) is 3.59. The maximum absolute atomic E-state index is 9.65. The number of methoxy groups -OCH3 is 1. The molecule has 1 aliphatic carbocycles. The smallest absolute Gasteiger partial charge is 0.250 e. The van der Waals surface area contributed by atoms with E-state index in [4.69, 9.17) is 14.1 Å². The van der Waals surface area contributed by atoms with Crippen molar-refractivity contribution >= 4 is 8.32 Å². The van der Waals surface area contributed by atoms with Crippen molar-refractivity contribution < 1.29 is 19.3 Å². The van der Waals surface area contributed by atoms with Gasteiger partial charge in [-0.15, -0.1) is 0 Å². The second-order valence-corrected chi connectivity index (χ2v) is 12.6. The average molecular weight is 351 g/mol. The largest absolute Gasteiger partial charge is 0.543 e. The molecule has 24 heavy (non-hydrogen) atoms. The molecule has 134 valence electrons. The molecule has 5 heteroatoms. The van der Waals surface area contributed by atoms with Gasteiger partial charge in [0, 0.05) is 12.7 Å². The Morgan fingerprint density at radius 3 is 2.38 bits per heavy atom. The summed E-state index contributed by atoms with van der Waals surface area (Å²) in [4.78, 5) is 4.87. The van der Waals surface area contributed by atoms with Gasteiger partial charge in [-0.25, -0.2) is 5.26 Å². The number of ether oxygens (including phenoxy) is 1. The molecule has 1 unspecified atom stereocenters. The fourth-order valence-corrected chi connectivity index (χ4v) is 3.79. The Morgan fingerprint density at radius 1 is 1.17 bits per heavy atom. The standard InChI is InChI=1S/C19H30O4Si/c1-18(2,3)24(5,6)22-17-13-9-12-16(14-17)19(21-4,23-20)15-10-7-8-11-15/h9-10,12-14,20H,7-8,11H2,1-6H3. The first kappa shape index (κ1) is 19.2. The first-order valence-corrected chi connectivity index (χ1v) is 11.4. The van der Waals surface area contributed by atoms with Crippen LogP contribution in [-0.2, 0) is 15.4 Å². The van der Waals surface area contributed by atoms with Crippen molar-refractivity contribution in [3.05, 3.63) is 41.5 Å². The summed E-state index contributed by atoms with van der Waals surface area (Å²) in [5.41, 5.74) is 1.70. The quantitative estimate of drug-likeness (QED) is 0.243. The van der Waals surface area contributed by atoms with Crippen LogP contribution < -0.4 is 4.43 Å². The molecule has 0 fully saturated rings. The van der Waals surface area contributed by atoms with Crippen LogP contribution in [0.1, 0.15) is 45.6 Å². The zero-order valence-electron chi connectivity index (χ0n) is 15.7. The number of benzene rings is 1. The van der Waals surface area contributed by atoms with E-state index in [0.29, 0.717) is 0 Å². The summed E-state index contributed by atoms with van der Waals surface area (Å²) in [5, 5.41) is 9.76. The Hall–Kier alpha value is -1.14. The van der Waals surface area contributed by atoms with Crippen molar-refractivity contribution in [2.45, 2.75) is 64.0 Å². The van der Waals surface area contributed by atoms with Crippen LogP contribution in [-0.4, -0.2) is 20.7 Å². The molecular weight excluding hydrogens is 320 g/mol. The van der Waals surface area contributed by atoms with Gasteiger partial charge in [-0.2, -0.15) is 4.89 Å². The Labute approximate surface area is 146 Å². The van der Waals surface area contributed by atoms with Crippen LogP contribution in [0, 0.1) is 0 Å². The van der Waals surface area contributed by atoms with Crippen molar-refractivity contribution in [3.8, 4) is 5.75 Å². The van der Waals surface area contributed by atoms with E-state index >= 15 is 0 Å². The summed E-state index contributed by atoms with van der Waals surface area (Å²) in [6.45, 7) is 11.1. The lowest BCUT2D eigenvalue weighted by Gasteiger charge is -2.37.